The number of aryl methyl sites for hydroxylation is 1. The number of aromatic nitrogens is 5. The summed E-state index contributed by atoms with van der Waals surface area (Å²) in [7, 11) is 1.73. The summed E-state index contributed by atoms with van der Waals surface area (Å²) >= 11 is 7.55. The molecule has 4 aromatic heterocycles. The van der Waals surface area contributed by atoms with E-state index in [1.807, 2.05) is 0 Å². The van der Waals surface area contributed by atoms with Gasteiger partial charge in [0.15, 0.2) is 11.6 Å². The number of hydrogen-bond acceptors (Lipinski definition) is 7. The lowest BCUT2D eigenvalue weighted by atomic mass is 10.1. The maximum Gasteiger partial charge on any atom is 0.338 e. The summed E-state index contributed by atoms with van der Waals surface area (Å²) in [5.74, 6) is -0.579. The molecule has 0 saturated heterocycles. The van der Waals surface area contributed by atoms with Gasteiger partial charge in [0.2, 0.25) is 0 Å². The van der Waals surface area contributed by atoms with E-state index < -0.39 is 25.1 Å². The zero-order chi connectivity index (χ0) is 28.1. The predicted molar refractivity (Wildman–Crippen MR) is 155 cm³/mol. The van der Waals surface area contributed by atoms with E-state index in [0.717, 1.165) is 21.9 Å². The molecule has 0 radical (unpaired) electrons. The number of nitrogens with zero attached hydrogens (tertiary/aromatic N) is 5. The Hall–Kier alpha value is -3.32. The van der Waals surface area contributed by atoms with Crippen LogP contribution in [0.1, 0.15) is 0 Å². The normalized spacial score (nSPS) is 12.1. The Balaban J connectivity index is 1.75. The van der Waals surface area contributed by atoms with Crippen molar-refractivity contribution in [1.29, 1.82) is 0 Å². The molecular weight excluding hydrogens is 561 g/mol. The van der Waals surface area contributed by atoms with Gasteiger partial charge < -0.3 is 9.47 Å². The second-order valence-electron chi connectivity index (χ2n) is 10.4. The van der Waals surface area contributed by atoms with Gasteiger partial charge in [-0.2, -0.15) is 5.10 Å². The van der Waals surface area contributed by atoms with E-state index in [4.69, 9.17) is 21.1 Å². The first-order chi connectivity index (χ1) is 18.5. The molecule has 1 aromatic carbocycles. The number of fused-ring (bicyclic) bond motifs is 2. The molecule has 9 nitrogen and oxygen atoms in total. The lowest BCUT2D eigenvalue weighted by Gasteiger charge is -2.17. The van der Waals surface area contributed by atoms with Crippen LogP contribution in [0.25, 0.3) is 37.2 Å². The molecule has 0 aliphatic rings. The Kier molecular flexibility index (Phi) is 7.22. The topological polar surface area (TPSA) is 93.2 Å². The molecule has 204 valence electrons. The SMILES string of the molecule is COc1cc(-c2cc3c(s2)c(=O)n(-c2cncc4cnn(C)c24)c(=O)n3COCC[Si](C)(C)C)c(Cl)cc1F. The zero-order valence-electron chi connectivity index (χ0n) is 22.1. The molecule has 4 heterocycles. The van der Waals surface area contributed by atoms with Crippen LogP contribution in [0.4, 0.5) is 4.39 Å². The number of halogens is 2. The fraction of sp³-hybridized carbons (Fsp3) is 0.308. The molecule has 0 saturated carbocycles. The first kappa shape index (κ1) is 27.3. The largest absolute Gasteiger partial charge is 0.494 e. The summed E-state index contributed by atoms with van der Waals surface area (Å²) in [6.45, 7) is 7.17. The van der Waals surface area contributed by atoms with Crippen molar-refractivity contribution in [2.45, 2.75) is 32.4 Å². The number of thiophene rings is 1. The maximum atomic E-state index is 14.2. The number of ether oxygens (including phenoxy) is 2. The van der Waals surface area contributed by atoms with Gasteiger partial charge in [0, 0.05) is 43.8 Å². The Morgan fingerprint density at radius 2 is 1.90 bits per heavy atom. The summed E-state index contributed by atoms with van der Waals surface area (Å²) in [5.41, 5.74) is 0.720. The minimum atomic E-state index is -1.37. The molecule has 0 N–H and O–H groups in total. The molecule has 0 bridgehead atoms. The van der Waals surface area contributed by atoms with Crippen LogP contribution in [0.3, 0.4) is 0 Å². The Morgan fingerprint density at radius 1 is 1.13 bits per heavy atom. The first-order valence-electron chi connectivity index (χ1n) is 12.2. The molecule has 0 aliphatic heterocycles. The summed E-state index contributed by atoms with van der Waals surface area (Å²) < 4.78 is 29.8. The highest BCUT2D eigenvalue weighted by molar-refractivity contribution is 7.22. The van der Waals surface area contributed by atoms with Crippen LogP contribution in [0, 0.1) is 5.82 Å². The van der Waals surface area contributed by atoms with E-state index >= 15 is 0 Å². The molecule has 0 spiro atoms. The van der Waals surface area contributed by atoms with E-state index in [-0.39, 0.29) is 17.5 Å². The number of benzene rings is 1. The smallest absolute Gasteiger partial charge is 0.338 e. The van der Waals surface area contributed by atoms with Crippen molar-refractivity contribution in [1.82, 2.24) is 23.9 Å². The van der Waals surface area contributed by atoms with Gasteiger partial charge in [0.1, 0.15) is 11.4 Å². The minimum absolute atomic E-state index is 0.0188. The second kappa shape index (κ2) is 10.3. The molecule has 5 rings (SSSR count). The second-order valence-corrected chi connectivity index (χ2v) is 17.4. The first-order valence-corrected chi connectivity index (χ1v) is 17.1. The minimum Gasteiger partial charge on any atom is -0.494 e. The predicted octanol–water partition coefficient (Wildman–Crippen LogP) is 5.28. The third-order valence-electron chi connectivity index (χ3n) is 6.41. The van der Waals surface area contributed by atoms with E-state index in [0.29, 0.717) is 43.9 Å². The lowest BCUT2D eigenvalue weighted by molar-refractivity contribution is 0.0864. The van der Waals surface area contributed by atoms with Crippen molar-refractivity contribution in [2.24, 2.45) is 7.05 Å². The number of hydrogen-bond donors (Lipinski definition) is 0. The van der Waals surface area contributed by atoms with Gasteiger partial charge in [-0.3, -0.25) is 19.0 Å². The lowest BCUT2D eigenvalue weighted by Crippen LogP contribution is -2.39. The maximum absolute atomic E-state index is 14.2. The van der Waals surface area contributed by atoms with Crippen LogP contribution in [-0.4, -0.2) is 45.7 Å². The van der Waals surface area contributed by atoms with Crippen molar-refractivity contribution in [3.8, 4) is 21.9 Å². The van der Waals surface area contributed by atoms with Gasteiger partial charge in [-0.25, -0.2) is 13.8 Å². The summed E-state index contributed by atoms with van der Waals surface area (Å²) in [6.07, 6.45) is 4.73. The van der Waals surface area contributed by atoms with Crippen LogP contribution >= 0.6 is 22.9 Å². The molecule has 0 amide bonds. The third kappa shape index (κ3) is 5.04. The highest BCUT2D eigenvalue weighted by atomic mass is 35.5. The molecule has 0 fully saturated rings. The van der Waals surface area contributed by atoms with Crippen molar-refractivity contribution >= 4 is 52.1 Å². The number of rotatable bonds is 8. The molecule has 39 heavy (non-hydrogen) atoms. The fourth-order valence-electron chi connectivity index (χ4n) is 4.30. The van der Waals surface area contributed by atoms with Crippen LogP contribution in [0.2, 0.25) is 30.7 Å². The quantitative estimate of drug-likeness (QED) is 0.181. The van der Waals surface area contributed by atoms with Gasteiger partial charge in [-0.15, -0.1) is 11.3 Å². The summed E-state index contributed by atoms with van der Waals surface area (Å²) in [4.78, 5) is 32.6. The van der Waals surface area contributed by atoms with Crippen molar-refractivity contribution in [3.63, 3.8) is 0 Å². The van der Waals surface area contributed by atoms with Crippen LogP contribution in [-0.2, 0) is 18.5 Å². The highest BCUT2D eigenvalue weighted by Gasteiger charge is 2.22. The highest BCUT2D eigenvalue weighted by Crippen LogP contribution is 2.39. The van der Waals surface area contributed by atoms with Crippen molar-refractivity contribution in [2.75, 3.05) is 13.7 Å². The van der Waals surface area contributed by atoms with Crippen LogP contribution in [0.15, 0.2) is 46.4 Å². The van der Waals surface area contributed by atoms with Crippen LogP contribution in [0.5, 0.6) is 5.75 Å². The average Bonchev–Trinajstić information content (AvgIpc) is 3.48. The van der Waals surface area contributed by atoms with E-state index in [1.54, 1.807) is 30.2 Å². The third-order valence-corrected chi connectivity index (χ3v) is 9.57. The molecule has 0 atom stereocenters. The zero-order valence-corrected chi connectivity index (χ0v) is 24.7. The molecule has 13 heteroatoms. The Labute approximate surface area is 233 Å². The summed E-state index contributed by atoms with van der Waals surface area (Å²) in [5, 5.41) is 5.11. The van der Waals surface area contributed by atoms with Crippen LogP contribution < -0.4 is 16.0 Å². The standard InChI is InChI=1S/C26H27ClFN5O4SSi/c1-31-23-15(12-30-31)11-29-13-20(23)33-25(34)24-19(32(26(33)35)14-37-6-7-39(3,4)5)10-22(38-24)16-8-21(36-2)18(28)9-17(16)27/h8-13H,6-7,14H2,1-5H3. The van der Waals surface area contributed by atoms with Crippen molar-refractivity contribution in [3.05, 3.63) is 68.5 Å². The van der Waals surface area contributed by atoms with Gasteiger partial charge in [0.05, 0.1) is 41.2 Å². The average molecular weight is 588 g/mol. The van der Waals surface area contributed by atoms with Gasteiger partial charge in [-0.1, -0.05) is 31.2 Å². The molecular formula is C26H27ClFN5O4SSi. The van der Waals surface area contributed by atoms with E-state index in [9.17, 15) is 14.0 Å². The fourth-order valence-corrected chi connectivity index (χ4v) is 6.49. The molecule has 0 aliphatic carbocycles. The Bertz CT molecular complexity index is 1840. The Morgan fingerprint density at radius 3 is 2.62 bits per heavy atom. The van der Waals surface area contributed by atoms with E-state index in [2.05, 4.69) is 29.7 Å². The van der Waals surface area contributed by atoms with Gasteiger partial charge in [-0.05, 0) is 24.2 Å². The molecule has 0 unspecified atom stereocenters. The van der Waals surface area contributed by atoms with E-state index in [1.165, 1.54) is 30.0 Å². The van der Waals surface area contributed by atoms with Gasteiger partial charge >= 0.3 is 5.69 Å². The number of methoxy groups -OCH3 is 1. The van der Waals surface area contributed by atoms with Gasteiger partial charge in [0.25, 0.3) is 5.56 Å². The summed E-state index contributed by atoms with van der Waals surface area (Å²) in [6, 6.07) is 5.27. The molecule has 5 aromatic rings. The number of pyridine rings is 1. The van der Waals surface area contributed by atoms with Crippen molar-refractivity contribution < 1.29 is 13.9 Å². The monoisotopic (exact) mass is 587 g/mol.